The van der Waals surface area contributed by atoms with E-state index < -0.39 is 5.97 Å². The van der Waals surface area contributed by atoms with Crippen LogP contribution < -0.4 is 0 Å². The minimum absolute atomic E-state index is 0.0685. The average molecular weight is 254 g/mol. The highest BCUT2D eigenvalue weighted by atomic mass is 16.5. The van der Waals surface area contributed by atoms with Crippen molar-refractivity contribution in [2.24, 2.45) is 17.8 Å². The predicted octanol–water partition coefficient (Wildman–Crippen LogP) is 3.47. The number of carboxylic acids is 1. The molecule has 0 spiro atoms. The van der Waals surface area contributed by atoms with Crippen molar-refractivity contribution in [2.45, 2.75) is 64.4 Å². The van der Waals surface area contributed by atoms with Crippen molar-refractivity contribution < 1.29 is 14.6 Å². The van der Waals surface area contributed by atoms with Gasteiger partial charge in [0.2, 0.25) is 0 Å². The molecule has 2 rings (SSSR count). The molecule has 2 aliphatic rings. The summed E-state index contributed by atoms with van der Waals surface area (Å²) in [5, 5.41) is 9.01. The molecule has 3 heteroatoms. The van der Waals surface area contributed by atoms with Gasteiger partial charge in [-0.1, -0.05) is 0 Å². The third-order valence-electron chi connectivity index (χ3n) is 4.91. The Hall–Kier alpha value is -0.570. The van der Waals surface area contributed by atoms with Gasteiger partial charge in [-0.15, -0.1) is 0 Å². The average Bonchev–Trinajstić information content (AvgIpc) is 2.40. The van der Waals surface area contributed by atoms with Crippen molar-refractivity contribution in [3.8, 4) is 0 Å². The van der Waals surface area contributed by atoms with Crippen molar-refractivity contribution >= 4 is 5.97 Å². The Balaban J connectivity index is 1.73. The smallest absolute Gasteiger partial charge is 0.306 e. The SMILES string of the molecule is CCOC1CCC(C2CCC(C(=O)O)CC2)CC1. The van der Waals surface area contributed by atoms with E-state index in [1.54, 1.807) is 0 Å². The van der Waals surface area contributed by atoms with Crippen molar-refractivity contribution in [2.75, 3.05) is 6.61 Å². The molecule has 0 aliphatic heterocycles. The lowest BCUT2D eigenvalue weighted by atomic mass is 9.70. The fraction of sp³-hybridized carbons (Fsp3) is 0.933. The molecule has 0 saturated heterocycles. The van der Waals surface area contributed by atoms with Crippen LogP contribution in [0.3, 0.4) is 0 Å². The fourth-order valence-electron chi connectivity index (χ4n) is 3.80. The van der Waals surface area contributed by atoms with E-state index in [-0.39, 0.29) is 5.92 Å². The molecule has 104 valence electrons. The molecule has 0 radical (unpaired) electrons. The Labute approximate surface area is 110 Å². The Morgan fingerprint density at radius 3 is 1.94 bits per heavy atom. The van der Waals surface area contributed by atoms with Crippen LogP contribution in [0.4, 0.5) is 0 Å². The van der Waals surface area contributed by atoms with Crippen LogP contribution in [0.25, 0.3) is 0 Å². The van der Waals surface area contributed by atoms with Crippen LogP contribution in [-0.4, -0.2) is 23.8 Å². The number of ether oxygens (including phenoxy) is 1. The summed E-state index contributed by atoms with van der Waals surface area (Å²) < 4.78 is 5.69. The standard InChI is InChI=1S/C15H26O3/c1-2-18-14-9-7-12(8-10-14)11-3-5-13(6-4-11)15(16)17/h11-14H,2-10H2,1H3,(H,16,17). The highest BCUT2D eigenvalue weighted by molar-refractivity contribution is 5.69. The van der Waals surface area contributed by atoms with Crippen LogP contribution in [0.1, 0.15) is 58.3 Å². The maximum Gasteiger partial charge on any atom is 0.306 e. The molecule has 2 saturated carbocycles. The Bertz CT molecular complexity index is 261. The van der Waals surface area contributed by atoms with Gasteiger partial charge in [0.15, 0.2) is 0 Å². The number of rotatable bonds is 4. The lowest BCUT2D eigenvalue weighted by Gasteiger charge is -2.36. The topological polar surface area (TPSA) is 46.5 Å². The van der Waals surface area contributed by atoms with Gasteiger partial charge in [-0.2, -0.15) is 0 Å². The molecule has 0 bridgehead atoms. The Morgan fingerprint density at radius 1 is 1.00 bits per heavy atom. The van der Waals surface area contributed by atoms with Gasteiger partial charge in [0.1, 0.15) is 0 Å². The molecule has 2 aliphatic carbocycles. The molecule has 0 heterocycles. The van der Waals surface area contributed by atoms with Gasteiger partial charge >= 0.3 is 5.97 Å². The molecule has 0 amide bonds. The number of hydrogen-bond acceptors (Lipinski definition) is 2. The van der Waals surface area contributed by atoms with Crippen molar-refractivity contribution in [3.63, 3.8) is 0 Å². The fourth-order valence-corrected chi connectivity index (χ4v) is 3.80. The van der Waals surface area contributed by atoms with E-state index in [0.29, 0.717) is 6.10 Å². The summed E-state index contributed by atoms with van der Waals surface area (Å²) in [6, 6.07) is 0. The molecule has 0 atom stereocenters. The summed E-state index contributed by atoms with van der Waals surface area (Å²) >= 11 is 0. The third kappa shape index (κ3) is 3.47. The van der Waals surface area contributed by atoms with E-state index >= 15 is 0 Å². The van der Waals surface area contributed by atoms with E-state index in [9.17, 15) is 4.79 Å². The predicted molar refractivity (Wildman–Crippen MR) is 70.5 cm³/mol. The lowest BCUT2D eigenvalue weighted by molar-refractivity contribution is -0.143. The first-order valence-corrected chi connectivity index (χ1v) is 7.55. The molecule has 3 nitrogen and oxygen atoms in total. The number of hydrogen-bond donors (Lipinski definition) is 1. The van der Waals surface area contributed by atoms with Gasteiger partial charge in [-0.3, -0.25) is 4.79 Å². The maximum absolute atomic E-state index is 10.9. The summed E-state index contributed by atoms with van der Waals surface area (Å²) in [4.78, 5) is 10.9. The quantitative estimate of drug-likeness (QED) is 0.835. The zero-order valence-corrected chi connectivity index (χ0v) is 11.4. The first-order valence-electron chi connectivity index (χ1n) is 7.55. The van der Waals surface area contributed by atoms with E-state index in [0.717, 1.165) is 44.1 Å². The summed E-state index contributed by atoms with van der Waals surface area (Å²) in [5.74, 6) is 0.953. The summed E-state index contributed by atoms with van der Waals surface area (Å²) in [6.07, 6.45) is 9.51. The van der Waals surface area contributed by atoms with E-state index in [1.807, 2.05) is 0 Å². The van der Waals surface area contributed by atoms with E-state index in [1.165, 1.54) is 25.7 Å². The molecule has 0 aromatic heterocycles. The molecule has 2 fully saturated rings. The molecule has 0 unspecified atom stereocenters. The summed E-state index contributed by atoms with van der Waals surface area (Å²) in [6.45, 7) is 2.90. The van der Waals surface area contributed by atoms with Crippen molar-refractivity contribution in [3.05, 3.63) is 0 Å². The maximum atomic E-state index is 10.9. The lowest BCUT2D eigenvalue weighted by Crippen LogP contribution is -2.30. The molecule has 0 aromatic carbocycles. The van der Waals surface area contributed by atoms with Gasteiger partial charge in [0, 0.05) is 6.61 Å². The number of aliphatic carboxylic acids is 1. The van der Waals surface area contributed by atoms with Crippen LogP contribution in [0.15, 0.2) is 0 Å². The second-order valence-electron chi connectivity index (χ2n) is 5.94. The van der Waals surface area contributed by atoms with Gasteiger partial charge in [0.05, 0.1) is 12.0 Å². The molecule has 18 heavy (non-hydrogen) atoms. The second kappa shape index (κ2) is 6.55. The highest BCUT2D eigenvalue weighted by Crippen LogP contribution is 2.40. The van der Waals surface area contributed by atoms with Crippen molar-refractivity contribution in [1.29, 1.82) is 0 Å². The second-order valence-corrected chi connectivity index (χ2v) is 5.94. The largest absolute Gasteiger partial charge is 0.481 e. The van der Waals surface area contributed by atoms with Crippen LogP contribution in [0.5, 0.6) is 0 Å². The van der Waals surface area contributed by atoms with Crippen molar-refractivity contribution in [1.82, 2.24) is 0 Å². The van der Waals surface area contributed by atoms with Crippen LogP contribution >= 0.6 is 0 Å². The Kier molecular flexibility index (Phi) is 5.04. The molecule has 1 N–H and O–H groups in total. The molecule has 0 aromatic rings. The normalized spacial score (nSPS) is 37.4. The van der Waals surface area contributed by atoms with Gasteiger partial charge in [-0.25, -0.2) is 0 Å². The molecular formula is C15H26O3. The zero-order valence-electron chi connectivity index (χ0n) is 11.4. The van der Waals surface area contributed by atoms with Crippen LogP contribution in [-0.2, 0) is 9.53 Å². The summed E-state index contributed by atoms with van der Waals surface area (Å²) in [5.41, 5.74) is 0. The van der Waals surface area contributed by atoms with Crippen LogP contribution in [0.2, 0.25) is 0 Å². The number of carboxylic acid groups (broad SMARTS) is 1. The van der Waals surface area contributed by atoms with Gasteiger partial charge < -0.3 is 9.84 Å². The summed E-state index contributed by atoms with van der Waals surface area (Å²) in [7, 11) is 0. The third-order valence-corrected chi connectivity index (χ3v) is 4.91. The number of carbonyl (C=O) groups is 1. The van der Waals surface area contributed by atoms with E-state index in [4.69, 9.17) is 9.84 Å². The van der Waals surface area contributed by atoms with Gasteiger partial charge in [0.25, 0.3) is 0 Å². The first kappa shape index (κ1) is 13.9. The van der Waals surface area contributed by atoms with E-state index in [2.05, 4.69) is 6.92 Å². The monoisotopic (exact) mass is 254 g/mol. The first-order chi connectivity index (χ1) is 8.70. The Morgan fingerprint density at radius 2 is 1.50 bits per heavy atom. The van der Waals surface area contributed by atoms with Crippen LogP contribution in [0, 0.1) is 17.8 Å². The molecular weight excluding hydrogens is 228 g/mol. The van der Waals surface area contributed by atoms with Gasteiger partial charge in [-0.05, 0) is 70.1 Å². The minimum Gasteiger partial charge on any atom is -0.481 e. The zero-order chi connectivity index (χ0) is 13.0. The highest BCUT2D eigenvalue weighted by Gasteiger charge is 2.32. The minimum atomic E-state index is -0.589.